The number of nitrogens with one attached hydrogen (secondary N) is 1. The third-order valence-electron chi connectivity index (χ3n) is 5.71. The Balaban J connectivity index is 1.23. The van der Waals surface area contributed by atoms with E-state index in [1.165, 1.54) is 22.7 Å². The summed E-state index contributed by atoms with van der Waals surface area (Å²) in [6.45, 7) is 3.52. The van der Waals surface area contributed by atoms with Crippen LogP contribution < -0.4 is 5.32 Å². The number of thiazole rings is 2. The van der Waals surface area contributed by atoms with Gasteiger partial charge in [0.25, 0.3) is 11.8 Å². The van der Waals surface area contributed by atoms with Gasteiger partial charge >= 0.3 is 0 Å². The van der Waals surface area contributed by atoms with Crippen LogP contribution in [0.3, 0.4) is 0 Å². The van der Waals surface area contributed by atoms with E-state index in [-0.39, 0.29) is 17.9 Å². The molecule has 27 heavy (non-hydrogen) atoms. The Morgan fingerprint density at radius 2 is 2.04 bits per heavy atom. The molecule has 0 spiro atoms. The van der Waals surface area contributed by atoms with E-state index in [2.05, 4.69) is 15.3 Å². The Morgan fingerprint density at radius 1 is 1.26 bits per heavy atom. The molecule has 1 N–H and O–H groups in total. The number of hydrogen-bond acceptors (Lipinski definition) is 6. The first-order chi connectivity index (χ1) is 13.1. The van der Waals surface area contributed by atoms with Gasteiger partial charge in [0.05, 0.1) is 11.7 Å². The third kappa shape index (κ3) is 2.85. The first-order valence-electron chi connectivity index (χ1n) is 9.01. The SMILES string of the molecule is Cc1c(C(=O)N2CC3CC(NC(=O)c4cncs4)CC3C2)sc2nccn12. The van der Waals surface area contributed by atoms with Crippen molar-refractivity contribution in [2.75, 3.05) is 13.1 Å². The number of hydrogen-bond donors (Lipinski definition) is 1. The van der Waals surface area contributed by atoms with Gasteiger partial charge in [-0.05, 0) is 31.6 Å². The fourth-order valence-electron chi connectivity index (χ4n) is 4.41. The van der Waals surface area contributed by atoms with Crippen LogP contribution in [-0.4, -0.2) is 50.2 Å². The lowest BCUT2D eigenvalue weighted by molar-refractivity contribution is 0.0779. The second kappa shape index (κ2) is 6.42. The fraction of sp³-hybridized carbons (Fsp3) is 0.444. The molecule has 0 radical (unpaired) electrons. The predicted molar refractivity (Wildman–Crippen MR) is 103 cm³/mol. The highest BCUT2D eigenvalue weighted by atomic mass is 32.1. The van der Waals surface area contributed by atoms with Crippen LogP contribution in [0.5, 0.6) is 0 Å². The summed E-state index contributed by atoms with van der Waals surface area (Å²) < 4.78 is 1.97. The Morgan fingerprint density at radius 3 is 2.70 bits per heavy atom. The Labute approximate surface area is 164 Å². The molecule has 1 saturated carbocycles. The van der Waals surface area contributed by atoms with Gasteiger partial charge in [-0.3, -0.25) is 19.0 Å². The molecule has 2 amide bonds. The number of aromatic nitrogens is 3. The number of amides is 2. The minimum absolute atomic E-state index is 0.0343. The van der Waals surface area contributed by atoms with Gasteiger partial charge in [0.2, 0.25) is 0 Å². The molecule has 0 aromatic carbocycles. The molecule has 2 atom stereocenters. The van der Waals surface area contributed by atoms with Crippen LogP contribution in [0.4, 0.5) is 0 Å². The molecule has 1 aliphatic heterocycles. The van der Waals surface area contributed by atoms with Gasteiger partial charge in [-0.2, -0.15) is 0 Å². The summed E-state index contributed by atoms with van der Waals surface area (Å²) in [5, 5.41) is 3.13. The molecule has 2 fully saturated rings. The Hall–Kier alpha value is -2.26. The predicted octanol–water partition coefficient (Wildman–Crippen LogP) is 2.44. The van der Waals surface area contributed by atoms with Gasteiger partial charge in [0, 0.05) is 37.2 Å². The van der Waals surface area contributed by atoms with E-state index in [4.69, 9.17) is 0 Å². The van der Waals surface area contributed by atoms with Crippen molar-refractivity contribution in [3.8, 4) is 0 Å². The van der Waals surface area contributed by atoms with Crippen molar-refractivity contribution >= 4 is 39.4 Å². The molecular weight excluding hydrogens is 382 g/mol. The largest absolute Gasteiger partial charge is 0.349 e. The number of rotatable bonds is 3. The quantitative estimate of drug-likeness (QED) is 0.731. The Kier molecular flexibility index (Phi) is 4.01. The zero-order chi connectivity index (χ0) is 18.5. The molecule has 7 nitrogen and oxygen atoms in total. The van der Waals surface area contributed by atoms with Crippen molar-refractivity contribution in [1.29, 1.82) is 0 Å². The second-order valence-corrected chi connectivity index (χ2v) is 9.20. The van der Waals surface area contributed by atoms with Gasteiger partial charge in [0.15, 0.2) is 4.96 Å². The maximum atomic E-state index is 13.0. The average Bonchev–Trinajstić information content (AvgIpc) is 3.42. The first-order valence-corrected chi connectivity index (χ1v) is 10.7. The molecule has 2 unspecified atom stereocenters. The highest BCUT2D eigenvalue weighted by Crippen LogP contribution is 2.39. The summed E-state index contributed by atoms with van der Waals surface area (Å²) in [5.74, 6) is 1.01. The fourth-order valence-corrected chi connectivity index (χ4v) is 5.98. The molecule has 140 valence electrons. The molecule has 3 aromatic rings. The number of carbonyl (C=O) groups is 2. The van der Waals surface area contributed by atoms with Crippen LogP contribution in [0.2, 0.25) is 0 Å². The van der Waals surface area contributed by atoms with Crippen LogP contribution >= 0.6 is 22.7 Å². The molecule has 1 saturated heterocycles. The number of nitrogens with zero attached hydrogens (tertiary/aromatic N) is 4. The second-order valence-electron chi connectivity index (χ2n) is 7.33. The number of carbonyl (C=O) groups excluding carboxylic acids is 2. The lowest BCUT2D eigenvalue weighted by Gasteiger charge is -2.19. The van der Waals surface area contributed by atoms with Gasteiger partial charge in [-0.25, -0.2) is 4.98 Å². The molecule has 9 heteroatoms. The van der Waals surface area contributed by atoms with E-state index in [0.29, 0.717) is 16.7 Å². The summed E-state index contributed by atoms with van der Waals surface area (Å²) in [7, 11) is 0. The zero-order valence-corrected chi connectivity index (χ0v) is 16.4. The van der Waals surface area contributed by atoms with Crippen molar-refractivity contribution in [2.24, 2.45) is 11.8 Å². The van der Waals surface area contributed by atoms with Crippen LogP contribution in [0.25, 0.3) is 4.96 Å². The monoisotopic (exact) mass is 401 g/mol. The van der Waals surface area contributed by atoms with Crippen LogP contribution in [-0.2, 0) is 0 Å². The molecule has 5 rings (SSSR count). The highest BCUT2D eigenvalue weighted by Gasteiger charge is 2.43. The van der Waals surface area contributed by atoms with Crippen molar-refractivity contribution in [3.63, 3.8) is 0 Å². The summed E-state index contributed by atoms with van der Waals surface area (Å²) in [5.41, 5.74) is 2.63. The molecule has 0 bridgehead atoms. The van der Waals surface area contributed by atoms with E-state index in [1.807, 2.05) is 22.4 Å². The Bertz CT molecular complexity index is 994. The first kappa shape index (κ1) is 16.9. The standard InChI is InChI=1S/C18H19N5O2S2/c1-10-15(27-18-20-2-3-23(10)18)17(25)22-7-11-4-13(5-12(11)8-22)21-16(24)14-6-19-9-26-14/h2-3,6,9,11-13H,4-5,7-8H2,1H3,(H,21,24). The number of fused-ring (bicyclic) bond motifs is 2. The summed E-state index contributed by atoms with van der Waals surface area (Å²) in [6.07, 6.45) is 7.13. The van der Waals surface area contributed by atoms with Crippen molar-refractivity contribution < 1.29 is 9.59 Å². The van der Waals surface area contributed by atoms with E-state index >= 15 is 0 Å². The van der Waals surface area contributed by atoms with Gasteiger partial charge < -0.3 is 10.2 Å². The molecule has 1 aliphatic carbocycles. The molecular formula is C18H19N5O2S2. The van der Waals surface area contributed by atoms with Gasteiger partial charge in [-0.1, -0.05) is 11.3 Å². The van der Waals surface area contributed by atoms with Gasteiger partial charge in [-0.15, -0.1) is 11.3 Å². The summed E-state index contributed by atoms with van der Waals surface area (Å²) in [4.78, 5) is 37.8. The van der Waals surface area contributed by atoms with Crippen molar-refractivity contribution in [1.82, 2.24) is 24.6 Å². The van der Waals surface area contributed by atoms with Crippen LogP contribution in [0, 0.1) is 18.8 Å². The minimum atomic E-state index is -0.0343. The number of aryl methyl sites for hydroxylation is 1. The lowest BCUT2D eigenvalue weighted by Crippen LogP contribution is -2.35. The average molecular weight is 402 g/mol. The van der Waals surface area contributed by atoms with Gasteiger partial charge in [0.1, 0.15) is 9.75 Å². The van der Waals surface area contributed by atoms with E-state index < -0.39 is 0 Å². The number of imidazole rings is 1. The lowest BCUT2D eigenvalue weighted by atomic mass is 10.0. The molecule has 2 aliphatic rings. The van der Waals surface area contributed by atoms with E-state index in [1.54, 1.807) is 17.9 Å². The topological polar surface area (TPSA) is 79.6 Å². The van der Waals surface area contributed by atoms with Crippen molar-refractivity contribution in [3.05, 3.63) is 39.5 Å². The van der Waals surface area contributed by atoms with E-state index in [9.17, 15) is 9.59 Å². The normalized spacial score (nSPS) is 24.5. The van der Waals surface area contributed by atoms with Crippen LogP contribution in [0.1, 0.15) is 37.9 Å². The summed E-state index contributed by atoms with van der Waals surface area (Å²) >= 11 is 2.82. The van der Waals surface area contributed by atoms with Crippen molar-refractivity contribution in [2.45, 2.75) is 25.8 Å². The molecule has 4 heterocycles. The highest BCUT2D eigenvalue weighted by molar-refractivity contribution is 7.19. The molecule has 3 aromatic heterocycles. The maximum Gasteiger partial charge on any atom is 0.265 e. The zero-order valence-electron chi connectivity index (χ0n) is 14.8. The summed E-state index contributed by atoms with van der Waals surface area (Å²) in [6, 6.07) is 0.193. The minimum Gasteiger partial charge on any atom is -0.349 e. The smallest absolute Gasteiger partial charge is 0.265 e. The maximum absolute atomic E-state index is 13.0. The van der Waals surface area contributed by atoms with E-state index in [0.717, 1.165) is 41.5 Å². The number of likely N-dealkylation sites (tertiary alicyclic amines) is 1. The van der Waals surface area contributed by atoms with Crippen LogP contribution in [0.15, 0.2) is 24.1 Å². The third-order valence-corrected chi connectivity index (χ3v) is 7.64.